The molecule has 1 atom stereocenters. The molecule has 0 saturated heterocycles. The molecule has 2 aromatic heterocycles. The van der Waals surface area contributed by atoms with Crippen molar-refractivity contribution in [3.63, 3.8) is 0 Å². The fraction of sp³-hybridized carbons (Fsp3) is 0.500. The topological polar surface area (TPSA) is 84.6 Å². The highest BCUT2D eigenvalue weighted by atomic mass is 28.3. The van der Waals surface area contributed by atoms with Gasteiger partial charge in [-0.05, 0) is 24.1 Å². The van der Waals surface area contributed by atoms with Gasteiger partial charge in [-0.25, -0.2) is 4.68 Å². The summed E-state index contributed by atoms with van der Waals surface area (Å²) in [5.74, 6) is 1.38. The average Bonchev–Trinajstić information content (AvgIpc) is 3.21. The molecule has 1 aromatic carbocycles. The van der Waals surface area contributed by atoms with E-state index in [1.165, 1.54) is 0 Å². The minimum atomic E-state index is -1.22. The summed E-state index contributed by atoms with van der Waals surface area (Å²) in [5.41, 5.74) is 2.68. The number of benzene rings is 1. The molecule has 9 heteroatoms. The Morgan fingerprint density at radius 3 is 2.60 bits per heavy atom. The molecule has 3 aromatic rings. The Hall–Kier alpha value is -2.91. The summed E-state index contributed by atoms with van der Waals surface area (Å²) in [4.78, 5) is 25.8. The van der Waals surface area contributed by atoms with Crippen molar-refractivity contribution < 1.29 is 19.0 Å². The summed E-state index contributed by atoms with van der Waals surface area (Å²) in [6, 6.07) is 4.79. The lowest BCUT2D eigenvalue weighted by Crippen LogP contribution is -2.37. The highest BCUT2D eigenvalue weighted by molar-refractivity contribution is 6.76. The van der Waals surface area contributed by atoms with E-state index in [-0.39, 0.29) is 30.4 Å². The molecule has 3 heterocycles. The molecule has 0 saturated carbocycles. The molecule has 1 unspecified atom stereocenters. The van der Waals surface area contributed by atoms with E-state index in [4.69, 9.17) is 14.2 Å². The Balaban J connectivity index is 1.82. The van der Waals surface area contributed by atoms with Crippen LogP contribution in [-0.2, 0) is 29.7 Å². The van der Waals surface area contributed by atoms with Crippen molar-refractivity contribution in [2.45, 2.75) is 58.8 Å². The number of pyridine rings is 1. The largest absolute Gasteiger partial charge is 0.497 e. The van der Waals surface area contributed by atoms with Gasteiger partial charge in [-0.3, -0.25) is 9.59 Å². The highest BCUT2D eigenvalue weighted by Gasteiger charge is 2.33. The van der Waals surface area contributed by atoms with E-state index in [1.54, 1.807) is 35.8 Å². The van der Waals surface area contributed by atoms with Gasteiger partial charge in [0.2, 0.25) is 0 Å². The Morgan fingerprint density at radius 2 is 1.94 bits per heavy atom. The van der Waals surface area contributed by atoms with Crippen LogP contribution in [0.1, 0.15) is 19.4 Å². The third kappa shape index (κ3) is 5.06. The lowest BCUT2D eigenvalue weighted by Gasteiger charge is -2.30. The molecule has 0 aliphatic carbocycles. The molecule has 0 N–H and O–H groups in total. The second-order valence-corrected chi connectivity index (χ2v) is 16.4. The van der Waals surface area contributed by atoms with Crippen LogP contribution in [0.2, 0.25) is 25.7 Å². The van der Waals surface area contributed by atoms with Crippen LogP contribution >= 0.6 is 0 Å². The van der Waals surface area contributed by atoms with E-state index in [0.29, 0.717) is 29.0 Å². The molecular formula is C26H35N3O5Si. The van der Waals surface area contributed by atoms with Crippen LogP contribution < -0.4 is 15.0 Å². The fourth-order valence-electron chi connectivity index (χ4n) is 4.38. The highest BCUT2D eigenvalue weighted by Crippen LogP contribution is 2.42. The fourth-order valence-corrected chi connectivity index (χ4v) is 5.13. The predicted molar refractivity (Wildman–Crippen MR) is 139 cm³/mol. The first-order valence-electron chi connectivity index (χ1n) is 12.0. The monoisotopic (exact) mass is 497 g/mol. The van der Waals surface area contributed by atoms with E-state index in [1.807, 2.05) is 26.0 Å². The lowest BCUT2D eigenvalue weighted by molar-refractivity contribution is -0.128. The zero-order valence-corrected chi connectivity index (χ0v) is 22.7. The maximum Gasteiger partial charge on any atom is 0.276 e. The van der Waals surface area contributed by atoms with Gasteiger partial charge in [-0.2, -0.15) is 5.10 Å². The molecule has 4 rings (SSSR count). The number of methoxy groups -OCH3 is 1. The average molecular weight is 498 g/mol. The molecule has 188 valence electrons. The van der Waals surface area contributed by atoms with Crippen LogP contribution in [-0.4, -0.2) is 48.0 Å². The molecule has 0 fully saturated rings. The molecule has 0 amide bonds. The van der Waals surface area contributed by atoms with Crippen LogP contribution in [0.4, 0.5) is 0 Å². The first-order chi connectivity index (χ1) is 16.5. The van der Waals surface area contributed by atoms with Crippen molar-refractivity contribution in [2.75, 3.05) is 13.7 Å². The number of ketones is 1. The third-order valence-electron chi connectivity index (χ3n) is 6.38. The zero-order chi connectivity index (χ0) is 25.5. The number of nitrogens with zero attached hydrogens (tertiary/aromatic N) is 3. The number of Topliss-reactive ketones (excluding diaryl/α,β-unsaturated/α-hetero) is 1. The number of aromatic nitrogens is 3. The normalized spacial score (nSPS) is 16.0. The molecule has 8 nitrogen and oxygen atoms in total. The number of fused-ring (bicyclic) bond motifs is 2. The van der Waals surface area contributed by atoms with Crippen LogP contribution in [0.3, 0.4) is 0 Å². The van der Waals surface area contributed by atoms with E-state index in [9.17, 15) is 9.59 Å². The second kappa shape index (κ2) is 9.62. The summed E-state index contributed by atoms with van der Waals surface area (Å²) in [6.07, 6.45) is 3.26. The van der Waals surface area contributed by atoms with Crippen molar-refractivity contribution in [3.05, 3.63) is 40.4 Å². The Kier molecular flexibility index (Phi) is 6.92. The SMILES string of the molecule is COc1cc2c(c(-c3cn(C)c(=O)c4c3cnn4COCC[Si](C)(C)C)c1)OC(C(C)C)C(=O)C2. The maximum atomic E-state index is 13.1. The number of carbonyl (C=O) groups excluding carboxylic acids is 1. The van der Waals surface area contributed by atoms with Gasteiger partial charge in [0.25, 0.3) is 5.56 Å². The first kappa shape index (κ1) is 25.2. The van der Waals surface area contributed by atoms with Crippen molar-refractivity contribution in [1.82, 2.24) is 14.3 Å². The van der Waals surface area contributed by atoms with Crippen molar-refractivity contribution >= 4 is 24.8 Å². The van der Waals surface area contributed by atoms with E-state index in [0.717, 1.165) is 22.7 Å². The first-order valence-corrected chi connectivity index (χ1v) is 15.7. The van der Waals surface area contributed by atoms with Crippen LogP contribution in [0.25, 0.3) is 22.0 Å². The van der Waals surface area contributed by atoms with Crippen LogP contribution in [0.15, 0.2) is 29.3 Å². The van der Waals surface area contributed by atoms with Gasteiger partial charge in [0.1, 0.15) is 23.7 Å². The van der Waals surface area contributed by atoms with Crippen molar-refractivity contribution in [1.29, 1.82) is 0 Å². The molecule has 1 aliphatic heterocycles. The van der Waals surface area contributed by atoms with E-state index >= 15 is 0 Å². The standard InChI is InChI=1S/C26H35N3O5Si/c1-16(2)24-22(30)11-17-10-18(32-4)12-19(25(17)34-24)21-14-28(3)26(31)23-20(21)13-27-29(23)15-33-8-9-35(5,6)7/h10,12-14,16,24H,8-9,11,15H2,1-7H3. The van der Waals surface area contributed by atoms with Crippen LogP contribution in [0.5, 0.6) is 11.5 Å². The molecule has 35 heavy (non-hydrogen) atoms. The summed E-state index contributed by atoms with van der Waals surface area (Å²) >= 11 is 0. The molecule has 0 bridgehead atoms. The maximum absolute atomic E-state index is 13.1. The lowest BCUT2D eigenvalue weighted by atomic mass is 9.90. The van der Waals surface area contributed by atoms with Gasteiger partial charge in [0, 0.05) is 56.4 Å². The molecular weight excluding hydrogens is 462 g/mol. The molecule has 0 spiro atoms. The number of carbonyl (C=O) groups is 1. The Bertz CT molecular complexity index is 1320. The Labute approximate surface area is 206 Å². The summed E-state index contributed by atoms with van der Waals surface area (Å²) in [5, 5.41) is 5.20. The number of aryl methyl sites for hydroxylation is 1. The number of hydrogen-bond donors (Lipinski definition) is 0. The van der Waals surface area contributed by atoms with Gasteiger partial charge < -0.3 is 18.8 Å². The number of rotatable bonds is 8. The van der Waals surface area contributed by atoms with Crippen molar-refractivity contribution in [3.8, 4) is 22.6 Å². The van der Waals surface area contributed by atoms with Gasteiger partial charge in [-0.1, -0.05) is 33.5 Å². The van der Waals surface area contributed by atoms with Gasteiger partial charge in [-0.15, -0.1) is 0 Å². The zero-order valence-electron chi connectivity index (χ0n) is 21.7. The quantitative estimate of drug-likeness (QED) is 0.342. The predicted octanol–water partition coefficient (Wildman–Crippen LogP) is 4.25. The minimum Gasteiger partial charge on any atom is -0.497 e. The van der Waals surface area contributed by atoms with Gasteiger partial charge >= 0.3 is 0 Å². The number of ether oxygens (including phenoxy) is 3. The van der Waals surface area contributed by atoms with E-state index in [2.05, 4.69) is 24.7 Å². The van der Waals surface area contributed by atoms with Gasteiger partial charge in [0.15, 0.2) is 11.9 Å². The second-order valence-electron chi connectivity index (χ2n) is 10.8. The molecule has 1 aliphatic rings. The third-order valence-corrected chi connectivity index (χ3v) is 8.09. The van der Waals surface area contributed by atoms with Crippen LogP contribution in [0, 0.1) is 5.92 Å². The smallest absolute Gasteiger partial charge is 0.276 e. The number of hydrogen-bond acceptors (Lipinski definition) is 6. The van der Waals surface area contributed by atoms with Crippen molar-refractivity contribution in [2.24, 2.45) is 13.0 Å². The Morgan fingerprint density at radius 1 is 1.20 bits per heavy atom. The van der Waals surface area contributed by atoms with E-state index < -0.39 is 14.2 Å². The minimum absolute atomic E-state index is 0.0433. The molecule has 0 radical (unpaired) electrons. The van der Waals surface area contributed by atoms with Gasteiger partial charge in [0.05, 0.1) is 13.3 Å². The summed E-state index contributed by atoms with van der Waals surface area (Å²) < 4.78 is 20.9. The summed E-state index contributed by atoms with van der Waals surface area (Å²) in [6.45, 7) is 11.7. The summed E-state index contributed by atoms with van der Waals surface area (Å²) in [7, 11) is 2.10.